The van der Waals surface area contributed by atoms with Crippen LogP contribution in [0.4, 0.5) is 5.82 Å². The van der Waals surface area contributed by atoms with Gasteiger partial charge in [0.15, 0.2) is 0 Å². The first kappa shape index (κ1) is 10.5. The van der Waals surface area contributed by atoms with Crippen LogP contribution in [0.3, 0.4) is 0 Å². The van der Waals surface area contributed by atoms with Crippen LogP contribution >= 0.6 is 0 Å². The Kier molecular flexibility index (Phi) is 3.93. The average molecular weight is 189 g/mol. The summed E-state index contributed by atoms with van der Waals surface area (Å²) in [7, 11) is 0. The van der Waals surface area contributed by atoms with E-state index >= 15 is 0 Å². The van der Waals surface area contributed by atoms with Crippen molar-refractivity contribution in [2.24, 2.45) is 0 Å². The summed E-state index contributed by atoms with van der Waals surface area (Å²) in [5, 5.41) is 12.1. The normalized spacial score (nSPS) is 11.8. The first-order valence-corrected chi connectivity index (χ1v) is 4.89. The summed E-state index contributed by atoms with van der Waals surface area (Å²) in [5.74, 6) is 0.691. The molecule has 0 radical (unpaired) electrons. The van der Waals surface area contributed by atoms with Gasteiger partial charge >= 0.3 is 0 Å². The lowest BCUT2D eigenvalue weighted by atomic mass is 10.2. The standard InChI is InChI=1S/C11H15N3/c1-3-5-9(2)14-11-10(8-12)6-4-7-13-11/h4,6-7,9H,3,5H2,1-2H3,(H,13,14). The van der Waals surface area contributed by atoms with Crippen molar-refractivity contribution in [3.05, 3.63) is 23.9 Å². The van der Waals surface area contributed by atoms with Crippen LogP contribution in [0.15, 0.2) is 18.3 Å². The van der Waals surface area contributed by atoms with Gasteiger partial charge in [0.1, 0.15) is 11.9 Å². The van der Waals surface area contributed by atoms with E-state index in [1.807, 2.05) is 0 Å². The quantitative estimate of drug-likeness (QED) is 0.791. The predicted molar refractivity (Wildman–Crippen MR) is 56.9 cm³/mol. The molecule has 0 aromatic carbocycles. The summed E-state index contributed by atoms with van der Waals surface area (Å²) < 4.78 is 0. The number of pyridine rings is 1. The highest BCUT2D eigenvalue weighted by Gasteiger charge is 2.05. The van der Waals surface area contributed by atoms with Crippen LogP contribution in [-0.4, -0.2) is 11.0 Å². The summed E-state index contributed by atoms with van der Waals surface area (Å²) in [5.41, 5.74) is 0.607. The third-order valence-electron chi connectivity index (χ3n) is 2.03. The highest BCUT2D eigenvalue weighted by atomic mass is 15.0. The number of anilines is 1. The molecule has 0 amide bonds. The summed E-state index contributed by atoms with van der Waals surface area (Å²) >= 11 is 0. The molecule has 1 N–H and O–H groups in total. The molecule has 1 aromatic rings. The van der Waals surface area contributed by atoms with Gasteiger partial charge in [-0.3, -0.25) is 0 Å². The summed E-state index contributed by atoms with van der Waals surface area (Å²) in [6.45, 7) is 4.24. The third-order valence-corrected chi connectivity index (χ3v) is 2.03. The van der Waals surface area contributed by atoms with E-state index in [1.54, 1.807) is 18.3 Å². The van der Waals surface area contributed by atoms with Gasteiger partial charge in [0.25, 0.3) is 0 Å². The molecule has 0 fully saturated rings. The van der Waals surface area contributed by atoms with Crippen molar-refractivity contribution in [2.75, 3.05) is 5.32 Å². The van der Waals surface area contributed by atoms with Gasteiger partial charge in [0.05, 0.1) is 5.56 Å². The van der Waals surface area contributed by atoms with Gasteiger partial charge in [-0.15, -0.1) is 0 Å². The lowest BCUT2D eigenvalue weighted by Gasteiger charge is -2.13. The Balaban J connectivity index is 2.71. The van der Waals surface area contributed by atoms with Crippen molar-refractivity contribution in [2.45, 2.75) is 32.7 Å². The Morgan fingerprint density at radius 2 is 2.43 bits per heavy atom. The lowest BCUT2D eigenvalue weighted by molar-refractivity contribution is 0.687. The molecule has 3 heteroatoms. The number of hydrogen-bond acceptors (Lipinski definition) is 3. The Morgan fingerprint density at radius 3 is 3.07 bits per heavy atom. The topological polar surface area (TPSA) is 48.7 Å². The van der Waals surface area contributed by atoms with Gasteiger partial charge in [-0.2, -0.15) is 5.26 Å². The van der Waals surface area contributed by atoms with Crippen molar-refractivity contribution in [1.29, 1.82) is 5.26 Å². The second-order valence-corrected chi connectivity index (χ2v) is 3.35. The van der Waals surface area contributed by atoms with Crippen LogP contribution in [0.25, 0.3) is 0 Å². The molecule has 0 aliphatic carbocycles. The summed E-state index contributed by atoms with van der Waals surface area (Å²) in [6, 6.07) is 6.02. The molecule has 1 heterocycles. The molecule has 1 aromatic heterocycles. The summed E-state index contributed by atoms with van der Waals surface area (Å²) in [6.07, 6.45) is 3.91. The van der Waals surface area contributed by atoms with Crippen LogP contribution in [0.1, 0.15) is 32.3 Å². The van der Waals surface area contributed by atoms with E-state index in [0.717, 1.165) is 12.8 Å². The van der Waals surface area contributed by atoms with Crippen molar-refractivity contribution in [3.8, 4) is 6.07 Å². The van der Waals surface area contributed by atoms with Gasteiger partial charge < -0.3 is 5.32 Å². The Morgan fingerprint density at radius 1 is 1.64 bits per heavy atom. The highest BCUT2D eigenvalue weighted by Crippen LogP contribution is 2.12. The minimum Gasteiger partial charge on any atom is -0.367 e. The molecule has 0 bridgehead atoms. The van der Waals surface area contributed by atoms with Crippen LogP contribution in [0.5, 0.6) is 0 Å². The van der Waals surface area contributed by atoms with Gasteiger partial charge in [-0.25, -0.2) is 4.98 Å². The van der Waals surface area contributed by atoms with E-state index in [-0.39, 0.29) is 0 Å². The van der Waals surface area contributed by atoms with Gasteiger partial charge in [-0.05, 0) is 25.5 Å². The largest absolute Gasteiger partial charge is 0.367 e. The molecule has 3 nitrogen and oxygen atoms in total. The monoisotopic (exact) mass is 189 g/mol. The number of aromatic nitrogens is 1. The van der Waals surface area contributed by atoms with Crippen molar-refractivity contribution in [1.82, 2.24) is 4.98 Å². The molecule has 1 unspecified atom stereocenters. The SMILES string of the molecule is CCCC(C)Nc1ncccc1C#N. The van der Waals surface area contributed by atoms with Crippen LogP contribution in [-0.2, 0) is 0 Å². The molecule has 0 spiro atoms. The first-order valence-electron chi connectivity index (χ1n) is 4.89. The van der Waals surface area contributed by atoms with E-state index in [4.69, 9.17) is 5.26 Å². The number of nitrogens with one attached hydrogen (secondary N) is 1. The van der Waals surface area contributed by atoms with Crippen molar-refractivity contribution >= 4 is 5.82 Å². The zero-order valence-electron chi connectivity index (χ0n) is 8.62. The minimum absolute atomic E-state index is 0.363. The first-order chi connectivity index (χ1) is 6.77. The number of hydrogen-bond donors (Lipinski definition) is 1. The zero-order valence-corrected chi connectivity index (χ0v) is 8.62. The molecule has 14 heavy (non-hydrogen) atoms. The third kappa shape index (κ3) is 2.74. The maximum Gasteiger partial charge on any atom is 0.144 e. The second-order valence-electron chi connectivity index (χ2n) is 3.35. The number of nitriles is 1. The van der Waals surface area contributed by atoms with Crippen LogP contribution in [0, 0.1) is 11.3 Å². The van der Waals surface area contributed by atoms with E-state index in [2.05, 4.69) is 30.2 Å². The fraction of sp³-hybridized carbons (Fsp3) is 0.455. The minimum atomic E-state index is 0.363. The molecule has 0 saturated carbocycles. The smallest absolute Gasteiger partial charge is 0.144 e. The predicted octanol–water partition coefficient (Wildman–Crippen LogP) is 2.55. The van der Waals surface area contributed by atoms with Crippen molar-refractivity contribution < 1.29 is 0 Å². The lowest BCUT2D eigenvalue weighted by Crippen LogP contribution is -2.16. The Labute approximate surface area is 84.8 Å². The molecule has 74 valence electrons. The maximum atomic E-state index is 8.83. The molecular formula is C11H15N3. The Bertz CT molecular complexity index is 328. The fourth-order valence-corrected chi connectivity index (χ4v) is 1.35. The number of rotatable bonds is 4. The molecule has 0 saturated heterocycles. The van der Waals surface area contributed by atoms with Crippen LogP contribution < -0.4 is 5.32 Å². The van der Waals surface area contributed by atoms with E-state index in [1.165, 1.54) is 0 Å². The molecule has 1 rings (SSSR count). The molecule has 0 aliphatic heterocycles. The molecule has 0 aliphatic rings. The van der Waals surface area contributed by atoms with Gasteiger partial charge in [0.2, 0.25) is 0 Å². The summed E-state index contributed by atoms with van der Waals surface area (Å²) in [4.78, 5) is 4.14. The van der Waals surface area contributed by atoms with E-state index in [9.17, 15) is 0 Å². The van der Waals surface area contributed by atoms with Crippen molar-refractivity contribution in [3.63, 3.8) is 0 Å². The van der Waals surface area contributed by atoms with E-state index < -0.39 is 0 Å². The second kappa shape index (κ2) is 5.23. The van der Waals surface area contributed by atoms with Gasteiger partial charge in [-0.1, -0.05) is 13.3 Å². The van der Waals surface area contributed by atoms with E-state index in [0.29, 0.717) is 17.4 Å². The Hall–Kier alpha value is -1.56. The number of nitrogens with zero attached hydrogens (tertiary/aromatic N) is 2. The zero-order chi connectivity index (χ0) is 10.4. The van der Waals surface area contributed by atoms with Crippen LogP contribution in [0.2, 0.25) is 0 Å². The molecular weight excluding hydrogens is 174 g/mol. The maximum absolute atomic E-state index is 8.83. The van der Waals surface area contributed by atoms with Gasteiger partial charge in [0, 0.05) is 12.2 Å². The fourth-order valence-electron chi connectivity index (χ4n) is 1.35. The average Bonchev–Trinajstić information content (AvgIpc) is 2.19. The highest BCUT2D eigenvalue weighted by molar-refractivity contribution is 5.51. The molecule has 1 atom stereocenters.